The van der Waals surface area contributed by atoms with E-state index in [2.05, 4.69) is 0 Å². The van der Waals surface area contributed by atoms with E-state index in [1.165, 1.54) is 20.2 Å². The average molecular weight is 285 g/mol. The predicted molar refractivity (Wildman–Crippen MR) is 65.1 cm³/mol. The summed E-state index contributed by atoms with van der Waals surface area (Å²) in [5.41, 5.74) is -0.371. The zero-order chi connectivity index (χ0) is 14.6. The number of hydrogen-bond donors (Lipinski definition) is 0. The fraction of sp³-hybridized carbons (Fsp3) is 0.300. The van der Waals surface area contributed by atoms with Gasteiger partial charge in [0.05, 0.1) is 18.1 Å². The van der Waals surface area contributed by atoms with Crippen molar-refractivity contribution in [3.63, 3.8) is 0 Å². The highest BCUT2D eigenvalue weighted by Gasteiger charge is 2.27. The number of nitriles is 1. The summed E-state index contributed by atoms with van der Waals surface area (Å²) in [6.07, 6.45) is 0. The minimum absolute atomic E-state index is 0.0182. The Morgan fingerprint density at radius 3 is 2.63 bits per heavy atom. The van der Waals surface area contributed by atoms with Gasteiger partial charge in [-0.15, -0.1) is 0 Å². The molecule has 0 aliphatic carbocycles. The Bertz CT molecular complexity index is 635. The van der Waals surface area contributed by atoms with Crippen molar-refractivity contribution in [2.24, 2.45) is 0 Å². The van der Waals surface area contributed by atoms with Crippen LogP contribution < -0.4 is 4.74 Å². The Morgan fingerprint density at radius 2 is 2.16 bits per heavy atom. The molecule has 0 bridgehead atoms. The highest BCUT2D eigenvalue weighted by atomic mass is 32.2. The maximum atomic E-state index is 12.1. The second-order valence-corrected chi connectivity index (χ2v) is 5.52. The van der Waals surface area contributed by atoms with Gasteiger partial charge in [0, 0.05) is 19.2 Å². The molecule has 0 unspecified atom stereocenters. The average Bonchev–Trinajstić information content (AvgIpc) is 2.38. The molecule has 0 fully saturated rings. The number of hydrogen-bond acceptors (Lipinski definition) is 6. The smallest absolute Gasteiger partial charge is 0.271 e. The van der Waals surface area contributed by atoms with Crippen molar-refractivity contribution < 1.29 is 18.1 Å². The molecule has 9 heteroatoms. The van der Waals surface area contributed by atoms with E-state index in [-0.39, 0.29) is 22.9 Å². The van der Waals surface area contributed by atoms with Crippen LogP contribution in [-0.4, -0.2) is 38.3 Å². The summed E-state index contributed by atoms with van der Waals surface area (Å²) in [4.78, 5) is 9.63. The summed E-state index contributed by atoms with van der Waals surface area (Å²) in [6.45, 7) is -0.367. The largest absolute Gasteiger partial charge is 0.495 e. The first kappa shape index (κ1) is 14.9. The molecule has 102 valence electrons. The number of nitro benzene ring substituents is 1. The van der Waals surface area contributed by atoms with Crippen LogP contribution in [0.2, 0.25) is 0 Å². The lowest BCUT2D eigenvalue weighted by atomic mass is 10.3. The van der Waals surface area contributed by atoms with Gasteiger partial charge in [-0.3, -0.25) is 10.1 Å². The van der Waals surface area contributed by atoms with Gasteiger partial charge in [-0.25, -0.2) is 8.42 Å². The van der Waals surface area contributed by atoms with Gasteiger partial charge in [-0.05, 0) is 6.07 Å². The Balaban J connectivity index is 3.43. The van der Waals surface area contributed by atoms with Gasteiger partial charge in [-0.1, -0.05) is 0 Å². The summed E-state index contributed by atoms with van der Waals surface area (Å²) >= 11 is 0. The van der Waals surface area contributed by atoms with E-state index < -0.39 is 14.9 Å². The van der Waals surface area contributed by atoms with E-state index in [4.69, 9.17) is 10.00 Å². The van der Waals surface area contributed by atoms with E-state index in [0.717, 1.165) is 16.4 Å². The van der Waals surface area contributed by atoms with Crippen molar-refractivity contribution in [2.75, 3.05) is 20.7 Å². The number of nitrogens with zero attached hydrogens (tertiary/aromatic N) is 3. The van der Waals surface area contributed by atoms with Crippen molar-refractivity contribution in [2.45, 2.75) is 4.90 Å². The maximum Gasteiger partial charge on any atom is 0.271 e. The van der Waals surface area contributed by atoms with E-state index >= 15 is 0 Å². The Kier molecular flexibility index (Phi) is 4.42. The molecular formula is C10H11N3O5S. The normalized spacial score (nSPS) is 11.1. The summed E-state index contributed by atoms with van der Waals surface area (Å²) in [5.74, 6) is -0.0182. The molecule has 0 atom stereocenters. The van der Waals surface area contributed by atoms with Gasteiger partial charge >= 0.3 is 0 Å². The number of methoxy groups -OCH3 is 1. The molecule has 0 aliphatic rings. The summed E-state index contributed by atoms with van der Waals surface area (Å²) in [6, 6.07) is 4.94. The van der Waals surface area contributed by atoms with Crippen molar-refractivity contribution in [3.05, 3.63) is 28.3 Å². The maximum absolute atomic E-state index is 12.1. The van der Waals surface area contributed by atoms with E-state index in [1.54, 1.807) is 6.07 Å². The number of non-ortho nitro benzene ring substituents is 1. The summed E-state index contributed by atoms with van der Waals surface area (Å²) in [7, 11) is -1.56. The molecular weight excluding hydrogens is 274 g/mol. The summed E-state index contributed by atoms with van der Waals surface area (Å²) < 4.78 is 30.0. The zero-order valence-electron chi connectivity index (χ0n) is 10.2. The molecule has 0 saturated carbocycles. The third-order valence-electron chi connectivity index (χ3n) is 2.34. The van der Waals surface area contributed by atoms with Gasteiger partial charge in [0.2, 0.25) is 10.0 Å². The van der Waals surface area contributed by atoms with Crippen LogP contribution in [0.15, 0.2) is 23.1 Å². The third-order valence-corrected chi connectivity index (χ3v) is 4.16. The van der Waals surface area contributed by atoms with Gasteiger partial charge in [-0.2, -0.15) is 9.57 Å². The van der Waals surface area contributed by atoms with Crippen molar-refractivity contribution in [1.82, 2.24) is 4.31 Å². The van der Waals surface area contributed by atoms with Crippen LogP contribution >= 0.6 is 0 Å². The van der Waals surface area contributed by atoms with E-state index in [1.807, 2.05) is 0 Å². The molecule has 0 amide bonds. The van der Waals surface area contributed by atoms with Crippen LogP contribution in [0.5, 0.6) is 5.75 Å². The molecule has 19 heavy (non-hydrogen) atoms. The number of nitro groups is 1. The van der Waals surface area contributed by atoms with Gasteiger partial charge < -0.3 is 4.74 Å². The lowest BCUT2D eigenvalue weighted by Gasteiger charge is -2.15. The monoisotopic (exact) mass is 285 g/mol. The first-order valence-corrected chi connectivity index (χ1v) is 6.44. The highest BCUT2D eigenvalue weighted by Crippen LogP contribution is 2.29. The molecule has 0 aromatic heterocycles. The quantitative estimate of drug-likeness (QED) is 0.448. The molecule has 0 aliphatic heterocycles. The molecule has 0 radical (unpaired) electrons. The molecule has 1 aromatic rings. The molecule has 0 heterocycles. The van der Waals surface area contributed by atoms with Crippen LogP contribution in [0.3, 0.4) is 0 Å². The van der Waals surface area contributed by atoms with Crippen molar-refractivity contribution >= 4 is 15.7 Å². The zero-order valence-corrected chi connectivity index (χ0v) is 11.0. The summed E-state index contributed by atoms with van der Waals surface area (Å²) in [5, 5.41) is 19.2. The molecule has 0 saturated heterocycles. The van der Waals surface area contributed by atoms with Crippen LogP contribution in [-0.2, 0) is 10.0 Å². The second kappa shape index (κ2) is 5.64. The topological polar surface area (TPSA) is 114 Å². The third kappa shape index (κ3) is 2.98. The van der Waals surface area contributed by atoms with E-state index in [0.29, 0.717) is 0 Å². The number of rotatable bonds is 5. The highest BCUT2D eigenvalue weighted by molar-refractivity contribution is 7.89. The lowest BCUT2D eigenvalue weighted by molar-refractivity contribution is -0.385. The van der Waals surface area contributed by atoms with Crippen LogP contribution in [0.25, 0.3) is 0 Å². The van der Waals surface area contributed by atoms with Gasteiger partial charge in [0.15, 0.2) is 0 Å². The Morgan fingerprint density at radius 1 is 1.53 bits per heavy atom. The predicted octanol–water partition coefficient (Wildman–Crippen LogP) is 0.747. The minimum Gasteiger partial charge on any atom is -0.495 e. The molecule has 0 spiro atoms. The van der Waals surface area contributed by atoms with Crippen LogP contribution in [0.4, 0.5) is 5.69 Å². The van der Waals surface area contributed by atoms with Crippen molar-refractivity contribution in [1.29, 1.82) is 5.26 Å². The number of sulfonamides is 1. The molecule has 8 nitrogen and oxygen atoms in total. The van der Waals surface area contributed by atoms with Gasteiger partial charge in [0.1, 0.15) is 17.2 Å². The van der Waals surface area contributed by atoms with E-state index in [9.17, 15) is 18.5 Å². The number of benzene rings is 1. The lowest BCUT2D eigenvalue weighted by Crippen LogP contribution is -2.27. The van der Waals surface area contributed by atoms with Crippen LogP contribution in [0, 0.1) is 21.4 Å². The molecule has 1 rings (SSSR count). The molecule has 0 N–H and O–H groups in total. The fourth-order valence-corrected chi connectivity index (χ4v) is 2.57. The Hall–Kier alpha value is -2.18. The minimum atomic E-state index is -4.02. The second-order valence-electron chi connectivity index (χ2n) is 3.51. The Labute approximate surface area is 110 Å². The van der Waals surface area contributed by atoms with Crippen molar-refractivity contribution in [3.8, 4) is 11.8 Å². The molecule has 1 aromatic carbocycles. The fourth-order valence-electron chi connectivity index (χ4n) is 1.33. The number of ether oxygens (including phenoxy) is 1. The first-order valence-electron chi connectivity index (χ1n) is 5.00. The first-order chi connectivity index (χ1) is 8.84. The standard InChI is InChI=1S/C10H11N3O5S/c1-12(6-5-11)19(16,17)10-7-8(13(14)15)3-4-9(10)18-2/h3-4,7H,6H2,1-2H3. The SMILES string of the molecule is COc1ccc([N+](=O)[O-])cc1S(=O)(=O)N(C)CC#N. The van der Waals surface area contributed by atoms with Gasteiger partial charge in [0.25, 0.3) is 5.69 Å². The van der Waals surface area contributed by atoms with Crippen LogP contribution in [0.1, 0.15) is 0 Å².